The van der Waals surface area contributed by atoms with Gasteiger partial charge in [-0.2, -0.15) is 0 Å². The number of esters is 2. The zero-order valence-corrected chi connectivity index (χ0v) is 15.3. The zero-order chi connectivity index (χ0) is 20.0. The van der Waals surface area contributed by atoms with Crippen LogP contribution in [0.25, 0.3) is 0 Å². The fourth-order valence-electron chi connectivity index (χ4n) is 2.60. The number of anilines is 2. The highest BCUT2D eigenvalue weighted by Crippen LogP contribution is 2.35. The number of nitrogens with zero attached hydrogens (tertiary/aromatic N) is 2. The predicted molar refractivity (Wildman–Crippen MR) is 96.6 cm³/mol. The van der Waals surface area contributed by atoms with Gasteiger partial charge in [-0.15, -0.1) is 0 Å². The van der Waals surface area contributed by atoms with Crippen molar-refractivity contribution >= 4 is 29.0 Å². The zero-order valence-electron chi connectivity index (χ0n) is 15.3. The fourth-order valence-corrected chi connectivity index (χ4v) is 2.60. The van der Waals surface area contributed by atoms with E-state index in [-0.39, 0.29) is 11.4 Å². The number of aryl methyl sites for hydroxylation is 1. The first-order valence-corrected chi connectivity index (χ1v) is 8.14. The molecule has 0 amide bonds. The third-order valence-electron chi connectivity index (χ3n) is 4.01. The van der Waals surface area contributed by atoms with E-state index in [0.717, 1.165) is 6.08 Å². The summed E-state index contributed by atoms with van der Waals surface area (Å²) in [4.78, 5) is 36.3. The minimum Gasteiger partial charge on any atom is -0.466 e. The Bertz CT molecular complexity index is 770. The lowest BCUT2D eigenvalue weighted by molar-refractivity contribution is -0.384. The molecule has 1 fully saturated rings. The van der Waals surface area contributed by atoms with Crippen LogP contribution in [-0.2, 0) is 23.8 Å². The molecule has 1 N–H and O–H groups in total. The number of nitrogens with one attached hydrogen (secondary N) is 1. The summed E-state index contributed by atoms with van der Waals surface area (Å²) in [5, 5.41) is 14.3. The molecule has 1 aromatic rings. The lowest BCUT2D eigenvalue weighted by atomic mass is 10.1. The average Bonchev–Trinajstić information content (AvgIpc) is 2.68. The number of hydrogen-bond donors (Lipinski definition) is 1. The van der Waals surface area contributed by atoms with Crippen molar-refractivity contribution in [1.82, 2.24) is 0 Å². The van der Waals surface area contributed by atoms with E-state index in [4.69, 9.17) is 4.74 Å². The maximum Gasteiger partial charge on any atom is 0.354 e. The largest absolute Gasteiger partial charge is 0.466 e. The Hall–Kier alpha value is -3.14. The van der Waals surface area contributed by atoms with E-state index in [2.05, 4.69) is 14.8 Å². The molecule has 0 atom stereocenters. The van der Waals surface area contributed by atoms with E-state index < -0.39 is 16.9 Å². The first-order valence-electron chi connectivity index (χ1n) is 8.14. The van der Waals surface area contributed by atoms with Crippen molar-refractivity contribution < 1.29 is 28.7 Å². The number of hydrogen-bond acceptors (Lipinski definition) is 9. The highest BCUT2D eigenvalue weighted by Gasteiger charge is 2.24. The smallest absolute Gasteiger partial charge is 0.354 e. The molecule has 0 radical (unpaired) electrons. The van der Waals surface area contributed by atoms with Gasteiger partial charge in [-0.25, -0.2) is 9.59 Å². The van der Waals surface area contributed by atoms with Crippen LogP contribution in [-0.4, -0.2) is 57.4 Å². The molecule has 0 saturated carbocycles. The van der Waals surface area contributed by atoms with Gasteiger partial charge in [0.05, 0.1) is 38.4 Å². The Morgan fingerprint density at radius 2 is 1.93 bits per heavy atom. The highest BCUT2D eigenvalue weighted by atomic mass is 16.6. The van der Waals surface area contributed by atoms with Crippen LogP contribution in [0.2, 0.25) is 0 Å². The SMILES string of the molecule is COC(=O)/C=C(/Nc1cc(N2CCOCC2)c([N+](=O)[O-])cc1C)C(=O)OC. The highest BCUT2D eigenvalue weighted by molar-refractivity contribution is 5.99. The van der Waals surface area contributed by atoms with Crippen LogP contribution in [0.5, 0.6) is 0 Å². The molecule has 10 nitrogen and oxygen atoms in total. The predicted octanol–water partition coefficient (Wildman–Crippen LogP) is 1.38. The van der Waals surface area contributed by atoms with E-state index >= 15 is 0 Å². The van der Waals surface area contributed by atoms with Crippen LogP contribution in [0.15, 0.2) is 23.9 Å². The Morgan fingerprint density at radius 1 is 1.26 bits per heavy atom. The molecule has 0 bridgehead atoms. The Labute approximate surface area is 155 Å². The van der Waals surface area contributed by atoms with Crippen molar-refractivity contribution in [3.8, 4) is 0 Å². The molecule has 146 valence electrons. The molecule has 1 aliphatic heterocycles. The second-order valence-corrected chi connectivity index (χ2v) is 5.71. The lowest BCUT2D eigenvalue weighted by Crippen LogP contribution is -2.36. The number of carbonyl (C=O) groups is 2. The van der Waals surface area contributed by atoms with Crippen LogP contribution in [0.4, 0.5) is 17.1 Å². The summed E-state index contributed by atoms with van der Waals surface area (Å²) in [6.45, 7) is 3.59. The molecule has 2 rings (SSSR count). The van der Waals surface area contributed by atoms with Crippen molar-refractivity contribution in [1.29, 1.82) is 0 Å². The van der Waals surface area contributed by atoms with Gasteiger partial charge in [-0.05, 0) is 18.6 Å². The lowest BCUT2D eigenvalue weighted by Gasteiger charge is -2.29. The van der Waals surface area contributed by atoms with E-state index in [1.807, 2.05) is 4.90 Å². The quantitative estimate of drug-likeness (QED) is 0.338. The van der Waals surface area contributed by atoms with Gasteiger partial charge in [-0.3, -0.25) is 10.1 Å². The minimum absolute atomic E-state index is 0.0449. The van der Waals surface area contributed by atoms with Crippen molar-refractivity contribution in [3.05, 3.63) is 39.6 Å². The molecule has 1 saturated heterocycles. The van der Waals surface area contributed by atoms with Crippen LogP contribution in [0.1, 0.15) is 5.56 Å². The van der Waals surface area contributed by atoms with E-state index in [1.165, 1.54) is 20.3 Å². The summed E-state index contributed by atoms with van der Waals surface area (Å²) in [6.07, 6.45) is 0.959. The topological polar surface area (TPSA) is 120 Å². The number of benzene rings is 1. The van der Waals surface area contributed by atoms with Crippen LogP contribution < -0.4 is 10.2 Å². The van der Waals surface area contributed by atoms with Crippen LogP contribution in [0, 0.1) is 17.0 Å². The van der Waals surface area contributed by atoms with Crippen molar-refractivity contribution in [2.75, 3.05) is 50.7 Å². The van der Waals surface area contributed by atoms with Gasteiger partial charge < -0.3 is 24.4 Å². The first-order chi connectivity index (χ1) is 12.9. The molecule has 0 aliphatic carbocycles. The van der Waals surface area contributed by atoms with Gasteiger partial charge in [-0.1, -0.05) is 0 Å². The Kier molecular flexibility index (Phi) is 6.72. The second-order valence-electron chi connectivity index (χ2n) is 5.71. The molecule has 0 spiro atoms. The average molecular weight is 379 g/mol. The number of rotatable bonds is 6. The molecule has 1 aliphatic rings. The summed E-state index contributed by atoms with van der Waals surface area (Å²) in [6, 6.07) is 2.99. The molecule has 1 aromatic carbocycles. The van der Waals surface area contributed by atoms with Crippen LogP contribution >= 0.6 is 0 Å². The van der Waals surface area contributed by atoms with Crippen molar-refractivity contribution in [2.24, 2.45) is 0 Å². The minimum atomic E-state index is -0.772. The fraction of sp³-hybridized carbons (Fsp3) is 0.412. The number of carbonyl (C=O) groups excluding carboxylic acids is 2. The molecular weight excluding hydrogens is 358 g/mol. The summed E-state index contributed by atoms with van der Waals surface area (Å²) in [5.41, 5.74) is 1.17. The summed E-state index contributed by atoms with van der Waals surface area (Å²) < 4.78 is 14.5. The van der Waals surface area contributed by atoms with Gasteiger partial charge in [0.15, 0.2) is 0 Å². The third kappa shape index (κ3) is 4.94. The normalized spacial score (nSPS) is 14.5. The number of ether oxygens (including phenoxy) is 3. The molecule has 0 unspecified atom stereocenters. The Morgan fingerprint density at radius 3 is 2.48 bits per heavy atom. The van der Waals surface area contributed by atoms with Gasteiger partial charge in [0.2, 0.25) is 0 Å². The van der Waals surface area contributed by atoms with Crippen molar-refractivity contribution in [2.45, 2.75) is 6.92 Å². The number of methoxy groups -OCH3 is 2. The molecule has 1 heterocycles. The summed E-state index contributed by atoms with van der Waals surface area (Å²) in [7, 11) is 2.36. The molecular formula is C17H21N3O7. The number of nitro benzene ring substituents is 1. The first kappa shape index (κ1) is 20.2. The van der Waals surface area contributed by atoms with Gasteiger partial charge in [0.1, 0.15) is 11.4 Å². The summed E-state index contributed by atoms with van der Waals surface area (Å²) >= 11 is 0. The standard InChI is InChI=1S/C17H21N3O7/c1-11-8-15(20(23)24)14(19-4-6-27-7-5-19)9-12(11)18-13(17(22)26-3)10-16(21)25-2/h8-10,18H,4-7H2,1-3H3/b13-10+. The van der Waals surface area contributed by atoms with Gasteiger partial charge in [0.25, 0.3) is 5.69 Å². The maximum absolute atomic E-state index is 11.9. The molecule has 0 aromatic heterocycles. The second kappa shape index (κ2) is 8.99. The van der Waals surface area contributed by atoms with E-state index in [1.54, 1.807) is 13.0 Å². The summed E-state index contributed by atoms with van der Waals surface area (Å²) in [5.74, 6) is -1.51. The van der Waals surface area contributed by atoms with E-state index in [9.17, 15) is 19.7 Å². The third-order valence-corrected chi connectivity index (χ3v) is 4.01. The Balaban J connectivity index is 2.45. The maximum atomic E-state index is 11.9. The number of nitro groups is 1. The number of morpholine rings is 1. The van der Waals surface area contributed by atoms with Crippen molar-refractivity contribution in [3.63, 3.8) is 0 Å². The molecule has 27 heavy (non-hydrogen) atoms. The van der Waals surface area contributed by atoms with Gasteiger partial charge >= 0.3 is 11.9 Å². The van der Waals surface area contributed by atoms with Crippen LogP contribution in [0.3, 0.4) is 0 Å². The molecule has 10 heteroatoms. The van der Waals surface area contributed by atoms with E-state index in [0.29, 0.717) is 43.2 Å². The monoisotopic (exact) mass is 379 g/mol. The van der Waals surface area contributed by atoms with Gasteiger partial charge in [0, 0.05) is 24.8 Å².